The second-order valence-electron chi connectivity index (χ2n) is 6.38. The first kappa shape index (κ1) is 14.0. The maximum absolute atomic E-state index is 14.4. The summed E-state index contributed by atoms with van der Waals surface area (Å²) in [6, 6.07) is 5.81. The number of ether oxygens (including phenoxy) is 1. The lowest BCUT2D eigenvalue weighted by Crippen LogP contribution is -2.47. The van der Waals surface area contributed by atoms with Crippen LogP contribution < -0.4 is 5.32 Å². The number of aryl methyl sites for hydroxylation is 1. The van der Waals surface area contributed by atoms with E-state index >= 15 is 0 Å². The number of hydrogen-bond donors (Lipinski definition) is 1. The van der Waals surface area contributed by atoms with Gasteiger partial charge in [-0.05, 0) is 57.6 Å². The number of benzene rings is 1. The van der Waals surface area contributed by atoms with Gasteiger partial charge in [0.2, 0.25) is 0 Å². The van der Waals surface area contributed by atoms with Crippen molar-refractivity contribution in [3.8, 4) is 0 Å². The van der Waals surface area contributed by atoms with Crippen LogP contribution in [0.15, 0.2) is 18.2 Å². The van der Waals surface area contributed by atoms with Crippen molar-refractivity contribution in [1.82, 2.24) is 5.32 Å². The van der Waals surface area contributed by atoms with Gasteiger partial charge in [-0.25, -0.2) is 4.39 Å². The van der Waals surface area contributed by atoms with Gasteiger partial charge in [0.15, 0.2) is 0 Å². The molecule has 1 aliphatic carbocycles. The summed E-state index contributed by atoms with van der Waals surface area (Å²) < 4.78 is 20.4. The van der Waals surface area contributed by atoms with Crippen molar-refractivity contribution in [3.63, 3.8) is 0 Å². The minimum absolute atomic E-state index is 0.0546. The molecule has 2 fully saturated rings. The van der Waals surface area contributed by atoms with E-state index in [2.05, 4.69) is 5.32 Å². The quantitative estimate of drug-likeness (QED) is 0.908. The second kappa shape index (κ2) is 5.45. The molecule has 0 aromatic heterocycles. The molecule has 1 aromatic rings. The molecule has 1 aliphatic heterocycles. The number of halogens is 1. The molecule has 2 unspecified atom stereocenters. The number of hydrogen-bond acceptors (Lipinski definition) is 2. The third-order valence-electron chi connectivity index (χ3n) is 5.14. The molecular weight excluding hydrogens is 253 g/mol. The van der Waals surface area contributed by atoms with Crippen LogP contribution in [-0.4, -0.2) is 19.3 Å². The molecule has 110 valence electrons. The van der Waals surface area contributed by atoms with Gasteiger partial charge in [0.25, 0.3) is 0 Å². The van der Waals surface area contributed by atoms with Crippen LogP contribution in [0.2, 0.25) is 0 Å². The minimum atomic E-state index is -0.0546. The maximum atomic E-state index is 14.4. The zero-order valence-corrected chi connectivity index (χ0v) is 12.4. The van der Waals surface area contributed by atoms with E-state index in [4.69, 9.17) is 4.74 Å². The van der Waals surface area contributed by atoms with E-state index in [1.54, 1.807) is 0 Å². The van der Waals surface area contributed by atoms with Gasteiger partial charge >= 0.3 is 0 Å². The summed E-state index contributed by atoms with van der Waals surface area (Å²) >= 11 is 0. The largest absolute Gasteiger partial charge is 0.375 e. The molecule has 1 N–H and O–H groups in total. The minimum Gasteiger partial charge on any atom is -0.375 e. The Balaban J connectivity index is 1.84. The van der Waals surface area contributed by atoms with E-state index < -0.39 is 0 Å². The highest BCUT2D eigenvalue weighted by atomic mass is 19.1. The molecule has 1 spiro atoms. The van der Waals surface area contributed by atoms with Crippen LogP contribution in [0.3, 0.4) is 0 Å². The summed E-state index contributed by atoms with van der Waals surface area (Å²) in [6.07, 6.45) is 5.70. The first-order valence-corrected chi connectivity index (χ1v) is 7.71. The Kier molecular flexibility index (Phi) is 3.83. The van der Waals surface area contributed by atoms with Crippen LogP contribution in [0.5, 0.6) is 0 Å². The third-order valence-corrected chi connectivity index (χ3v) is 5.14. The second-order valence-corrected chi connectivity index (χ2v) is 6.38. The van der Waals surface area contributed by atoms with Gasteiger partial charge in [0, 0.05) is 18.2 Å². The Morgan fingerprint density at radius 1 is 1.40 bits per heavy atom. The van der Waals surface area contributed by atoms with Crippen molar-refractivity contribution in [2.24, 2.45) is 5.92 Å². The molecule has 0 amide bonds. The number of nitrogens with one attached hydrogen (secondary N) is 1. The molecule has 1 saturated carbocycles. The maximum Gasteiger partial charge on any atom is 0.130 e. The summed E-state index contributed by atoms with van der Waals surface area (Å²) in [5.41, 5.74) is 1.65. The lowest BCUT2D eigenvalue weighted by Gasteiger charge is -2.48. The first-order valence-electron chi connectivity index (χ1n) is 7.71. The van der Waals surface area contributed by atoms with E-state index in [9.17, 15) is 4.39 Å². The Hall–Kier alpha value is -0.930. The van der Waals surface area contributed by atoms with Gasteiger partial charge in [-0.3, -0.25) is 0 Å². The molecule has 20 heavy (non-hydrogen) atoms. The van der Waals surface area contributed by atoms with Crippen LogP contribution in [0.4, 0.5) is 4.39 Å². The predicted octanol–water partition coefficient (Wildman–Crippen LogP) is 3.74. The van der Waals surface area contributed by atoms with Gasteiger partial charge in [-0.15, -0.1) is 0 Å². The van der Waals surface area contributed by atoms with Crippen molar-refractivity contribution in [1.29, 1.82) is 0 Å². The van der Waals surface area contributed by atoms with E-state index in [0.29, 0.717) is 5.92 Å². The van der Waals surface area contributed by atoms with Gasteiger partial charge in [0.1, 0.15) is 5.82 Å². The lowest BCUT2D eigenvalue weighted by atomic mass is 9.69. The van der Waals surface area contributed by atoms with Crippen LogP contribution >= 0.6 is 0 Å². The number of rotatable bonds is 3. The molecule has 1 saturated heterocycles. The smallest absolute Gasteiger partial charge is 0.130 e. The van der Waals surface area contributed by atoms with Crippen molar-refractivity contribution >= 4 is 0 Å². The third kappa shape index (κ3) is 2.38. The normalized spacial score (nSPS) is 26.2. The van der Waals surface area contributed by atoms with Gasteiger partial charge in [-0.2, -0.15) is 0 Å². The zero-order valence-electron chi connectivity index (χ0n) is 12.4. The van der Waals surface area contributed by atoms with Crippen LogP contribution in [0.1, 0.15) is 49.3 Å². The molecule has 1 heterocycles. The molecule has 0 bridgehead atoms. The van der Waals surface area contributed by atoms with Crippen LogP contribution in [-0.2, 0) is 4.74 Å². The molecule has 2 nitrogen and oxygen atoms in total. The topological polar surface area (TPSA) is 21.3 Å². The SMILES string of the molecule is CNC(c1cccc(C)c1F)C1CCOC2(CCC2)C1. The summed E-state index contributed by atoms with van der Waals surface area (Å²) in [5.74, 6) is 0.409. The first-order chi connectivity index (χ1) is 9.65. The monoisotopic (exact) mass is 277 g/mol. The average Bonchev–Trinajstić information content (AvgIpc) is 2.43. The zero-order chi connectivity index (χ0) is 14.2. The molecule has 2 aliphatic rings. The van der Waals surface area contributed by atoms with Crippen LogP contribution in [0.25, 0.3) is 0 Å². The van der Waals surface area contributed by atoms with E-state index in [1.165, 1.54) is 19.3 Å². The highest BCUT2D eigenvalue weighted by molar-refractivity contribution is 5.28. The Bertz CT molecular complexity index is 484. The standard InChI is InChI=1S/C17H24FNO/c1-12-5-3-6-14(15(12)18)16(19-2)13-7-10-20-17(11-13)8-4-9-17/h3,5-6,13,16,19H,4,7-11H2,1-2H3. The average molecular weight is 277 g/mol. The van der Waals surface area contributed by atoms with E-state index in [1.807, 2.05) is 32.2 Å². The van der Waals surface area contributed by atoms with E-state index in [-0.39, 0.29) is 17.5 Å². The summed E-state index contributed by atoms with van der Waals surface area (Å²) in [5, 5.41) is 3.35. The van der Waals surface area contributed by atoms with Gasteiger partial charge in [-0.1, -0.05) is 18.2 Å². The van der Waals surface area contributed by atoms with Crippen LogP contribution in [0, 0.1) is 18.7 Å². The highest BCUT2D eigenvalue weighted by Crippen LogP contribution is 2.47. The fourth-order valence-electron chi connectivity index (χ4n) is 3.83. The van der Waals surface area contributed by atoms with Crippen molar-refractivity contribution in [2.75, 3.05) is 13.7 Å². The Morgan fingerprint density at radius 2 is 2.20 bits per heavy atom. The molecule has 3 heteroatoms. The summed E-state index contributed by atoms with van der Waals surface area (Å²) in [7, 11) is 1.94. The lowest BCUT2D eigenvalue weighted by molar-refractivity contribution is -0.147. The molecule has 3 rings (SSSR count). The van der Waals surface area contributed by atoms with E-state index in [0.717, 1.165) is 30.6 Å². The molecule has 0 radical (unpaired) electrons. The molecule has 1 aromatic carbocycles. The van der Waals surface area contributed by atoms with Crippen molar-refractivity contribution < 1.29 is 9.13 Å². The highest BCUT2D eigenvalue weighted by Gasteiger charge is 2.44. The molecule has 2 atom stereocenters. The summed E-state index contributed by atoms with van der Waals surface area (Å²) in [6.45, 7) is 2.65. The Labute approximate surface area is 120 Å². The van der Waals surface area contributed by atoms with Gasteiger partial charge < -0.3 is 10.1 Å². The predicted molar refractivity (Wildman–Crippen MR) is 78.2 cm³/mol. The van der Waals surface area contributed by atoms with Crippen molar-refractivity contribution in [3.05, 3.63) is 35.1 Å². The summed E-state index contributed by atoms with van der Waals surface area (Å²) in [4.78, 5) is 0. The Morgan fingerprint density at radius 3 is 2.85 bits per heavy atom. The fraction of sp³-hybridized carbons (Fsp3) is 0.647. The molecular formula is C17H24FNO. The van der Waals surface area contributed by atoms with Crippen molar-refractivity contribution in [2.45, 2.75) is 50.7 Å². The fourth-order valence-corrected chi connectivity index (χ4v) is 3.83. The van der Waals surface area contributed by atoms with Gasteiger partial charge in [0.05, 0.1) is 5.60 Å².